The van der Waals surface area contributed by atoms with Gasteiger partial charge in [0.05, 0.1) is 21.1 Å². The van der Waals surface area contributed by atoms with Crippen LogP contribution in [0.15, 0.2) is 0 Å². The largest absolute Gasteiger partial charge is 0.550 e. The highest BCUT2D eigenvalue weighted by molar-refractivity contribution is 5.90. The van der Waals surface area contributed by atoms with E-state index >= 15 is 0 Å². The van der Waals surface area contributed by atoms with Crippen molar-refractivity contribution in [3.63, 3.8) is 0 Å². The molecular formula is C27H52N2O7. The van der Waals surface area contributed by atoms with E-state index in [4.69, 9.17) is 5.11 Å². The van der Waals surface area contributed by atoms with E-state index in [1.807, 2.05) is 21.1 Å². The van der Waals surface area contributed by atoms with Gasteiger partial charge in [-0.25, -0.2) is 0 Å². The minimum Gasteiger partial charge on any atom is -0.550 e. The number of carboxylic acid groups (broad SMARTS) is 2. The molecule has 1 atom stereocenters. The summed E-state index contributed by atoms with van der Waals surface area (Å²) in [6.45, 7) is 4.12. The number of unbranched alkanes of at least 4 members (excludes halogenated alkanes) is 10. The lowest BCUT2D eigenvalue weighted by molar-refractivity contribution is -0.875. The van der Waals surface area contributed by atoms with Gasteiger partial charge in [-0.05, 0) is 12.8 Å². The lowest BCUT2D eigenvalue weighted by atomic mass is 9.89. The van der Waals surface area contributed by atoms with Gasteiger partial charge < -0.3 is 29.9 Å². The lowest BCUT2D eigenvalue weighted by Gasteiger charge is -2.34. The number of aliphatic hydroxyl groups is 1. The van der Waals surface area contributed by atoms with Crippen LogP contribution in [0.1, 0.15) is 110 Å². The summed E-state index contributed by atoms with van der Waals surface area (Å²) in [5.41, 5.74) is -1.82. The molecule has 0 aliphatic heterocycles. The first kappa shape index (κ1) is 36.2. The highest BCUT2D eigenvalue weighted by Crippen LogP contribution is 2.19. The number of ketones is 1. The molecule has 0 bridgehead atoms. The summed E-state index contributed by atoms with van der Waals surface area (Å²) in [5, 5.41) is 31.9. The molecule has 0 fully saturated rings. The highest BCUT2D eigenvalue weighted by atomic mass is 16.4. The molecule has 0 aromatic carbocycles. The Morgan fingerprint density at radius 1 is 0.778 bits per heavy atom. The summed E-state index contributed by atoms with van der Waals surface area (Å²) in [6.07, 6.45) is 13.1. The van der Waals surface area contributed by atoms with E-state index in [-0.39, 0.29) is 31.2 Å². The number of likely N-dealkylation sites (N-methyl/N-ethyl adjacent to an activating group) is 1. The number of carbonyl (C=O) groups is 4. The third-order valence-electron chi connectivity index (χ3n) is 5.64. The van der Waals surface area contributed by atoms with Crippen LogP contribution in [0.3, 0.4) is 0 Å². The van der Waals surface area contributed by atoms with Crippen molar-refractivity contribution < 1.29 is 39.0 Å². The molecule has 0 spiro atoms. The van der Waals surface area contributed by atoms with Crippen LogP contribution in [0.4, 0.5) is 0 Å². The van der Waals surface area contributed by atoms with Crippen LogP contribution in [0, 0.1) is 0 Å². The number of nitrogens with zero attached hydrogens (tertiary/aromatic N) is 1. The van der Waals surface area contributed by atoms with E-state index in [1.165, 1.54) is 38.5 Å². The topological polar surface area (TPSA) is 144 Å². The molecule has 1 amide bonds. The van der Waals surface area contributed by atoms with E-state index in [0.29, 0.717) is 17.3 Å². The molecule has 0 aromatic rings. The number of aliphatic carboxylic acids is 2. The molecule has 0 rings (SSSR count). The van der Waals surface area contributed by atoms with Gasteiger partial charge >= 0.3 is 5.97 Å². The van der Waals surface area contributed by atoms with Crippen LogP contribution in [-0.4, -0.2) is 78.2 Å². The summed E-state index contributed by atoms with van der Waals surface area (Å²) in [7, 11) is 5.46. The van der Waals surface area contributed by atoms with Crippen molar-refractivity contribution in [2.75, 3.05) is 34.2 Å². The van der Waals surface area contributed by atoms with E-state index < -0.39 is 24.0 Å². The maximum atomic E-state index is 12.3. The summed E-state index contributed by atoms with van der Waals surface area (Å²) in [4.78, 5) is 44.2. The van der Waals surface area contributed by atoms with E-state index in [1.54, 1.807) is 0 Å². The Balaban J connectivity index is 0. The fourth-order valence-corrected chi connectivity index (χ4v) is 3.89. The van der Waals surface area contributed by atoms with E-state index in [2.05, 4.69) is 19.2 Å². The molecule has 1 unspecified atom stereocenters. The molecule has 9 nitrogen and oxygen atoms in total. The number of amides is 1. The van der Waals surface area contributed by atoms with Gasteiger partial charge in [0, 0.05) is 25.2 Å². The molecule has 0 aromatic heterocycles. The quantitative estimate of drug-likeness (QED) is 0.157. The van der Waals surface area contributed by atoms with Gasteiger partial charge in [0.2, 0.25) is 5.91 Å². The zero-order valence-corrected chi connectivity index (χ0v) is 23.4. The molecular weight excluding hydrogens is 464 g/mol. The zero-order valence-electron chi connectivity index (χ0n) is 23.4. The highest BCUT2D eigenvalue weighted by Gasteiger charge is 2.40. The Hall–Kier alpha value is -2.00. The third-order valence-corrected chi connectivity index (χ3v) is 5.64. The molecule has 0 saturated heterocycles. The minimum atomic E-state index is -1.82. The standard InChI is InChI=1S/C17H33NO4.C10H19NO3/c1-5-6-7-8-9-10-11-12-15(19)17(22,13-16(20)21)14-18(2,3)4;1-2-3-4-5-6-7-9(12)11-8-10(13)14/h22H,5-14H2,1-4H3;2-8H2,1H3,(H,11,12)(H,13,14). The molecule has 9 heteroatoms. The number of rotatable bonds is 21. The van der Waals surface area contributed by atoms with Gasteiger partial charge in [-0.1, -0.05) is 78.1 Å². The van der Waals surface area contributed by atoms with Gasteiger partial charge in [0.1, 0.15) is 13.1 Å². The Labute approximate surface area is 218 Å². The maximum absolute atomic E-state index is 12.3. The average Bonchev–Trinajstić information content (AvgIpc) is 2.75. The molecule has 0 aliphatic carbocycles. The Morgan fingerprint density at radius 2 is 1.22 bits per heavy atom. The first-order valence-corrected chi connectivity index (χ1v) is 13.5. The van der Waals surface area contributed by atoms with Gasteiger partial charge in [0.15, 0.2) is 11.4 Å². The molecule has 0 aliphatic rings. The van der Waals surface area contributed by atoms with Crippen LogP contribution >= 0.6 is 0 Å². The summed E-state index contributed by atoms with van der Waals surface area (Å²) >= 11 is 0. The normalized spacial score (nSPS) is 12.7. The number of nitrogens with one attached hydrogen (secondary N) is 1. The smallest absolute Gasteiger partial charge is 0.322 e. The van der Waals surface area contributed by atoms with Gasteiger partial charge in [-0.15, -0.1) is 0 Å². The second kappa shape index (κ2) is 21.1. The zero-order chi connectivity index (χ0) is 28.0. The third kappa shape index (κ3) is 23.7. The lowest BCUT2D eigenvalue weighted by Crippen LogP contribution is -2.56. The predicted molar refractivity (Wildman–Crippen MR) is 139 cm³/mol. The number of carbonyl (C=O) groups excluding carboxylic acids is 3. The predicted octanol–water partition coefficient (Wildman–Crippen LogP) is 2.82. The molecule has 0 heterocycles. The van der Waals surface area contributed by atoms with Gasteiger partial charge in [0.25, 0.3) is 0 Å². The summed E-state index contributed by atoms with van der Waals surface area (Å²) < 4.78 is 0.326. The number of quaternary nitrogens is 1. The van der Waals surface area contributed by atoms with E-state index in [0.717, 1.165) is 32.1 Å². The monoisotopic (exact) mass is 516 g/mol. The van der Waals surface area contributed by atoms with E-state index in [9.17, 15) is 29.4 Å². The average molecular weight is 517 g/mol. The van der Waals surface area contributed by atoms with Gasteiger partial charge in [-0.3, -0.25) is 14.4 Å². The van der Waals surface area contributed by atoms with Crippen molar-refractivity contribution in [1.82, 2.24) is 5.32 Å². The van der Waals surface area contributed by atoms with Crippen LogP contribution in [0.5, 0.6) is 0 Å². The molecule has 0 radical (unpaired) electrons. The van der Waals surface area contributed by atoms with Crippen LogP contribution in [0.2, 0.25) is 0 Å². The second-order valence-electron chi connectivity index (χ2n) is 10.7. The first-order chi connectivity index (χ1) is 16.8. The van der Waals surface area contributed by atoms with Crippen molar-refractivity contribution in [1.29, 1.82) is 0 Å². The van der Waals surface area contributed by atoms with Crippen molar-refractivity contribution in [2.24, 2.45) is 0 Å². The molecule has 0 saturated carbocycles. The maximum Gasteiger partial charge on any atom is 0.322 e. The van der Waals surface area contributed by atoms with Crippen molar-refractivity contribution in [3.8, 4) is 0 Å². The van der Waals surface area contributed by atoms with Crippen molar-refractivity contribution in [3.05, 3.63) is 0 Å². The molecule has 36 heavy (non-hydrogen) atoms. The first-order valence-electron chi connectivity index (χ1n) is 13.5. The number of carboxylic acids is 2. The number of hydrogen-bond donors (Lipinski definition) is 3. The SMILES string of the molecule is CCCCCCCC(=O)NCC(=O)O.CCCCCCCCCC(=O)C(O)(CC(=O)[O-])C[N+](C)(C)C. The molecule has 212 valence electrons. The summed E-state index contributed by atoms with van der Waals surface area (Å²) in [6, 6.07) is 0. The van der Waals surface area contributed by atoms with Crippen LogP contribution in [0.25, 0.3) is 0 Å². The van der Waals surface area contributed by atoms with Crippen molar-refractivity contribution in [2.45, 2.75) is 116 Å². The minimum absolute atomic E-state index is 0.0797. The number of Topliss-reactive ketones (excluding diaryl/α,β-unsaturated/α-hetero) is 1. The second-order valence-corrected chi connectivity index (χ2v) is 10.7. The molecule has 3 N–H and O–H groups in total. The van der Waals surface area contributed by atoms with Crippen LogP contribution in [-0.2, 0) is 19.2 Å². The number of hydrogen-bond acceptors (Lipinski definition) is 6. The van der Waals surface area contributed by atoms with Crippen LogP contribution < -0.4 is 10.4 Å². The summed E-state index contributed by atoms with van der Waals surface area (Å²) in [5.74, 6) is -2.92. The Morgan fingerprint density at radius 3 is 1.64 bits per heavy atom. The fraction of sp³-hybridized carbons (Fsp3) is 0.852. The van der Waals surface area contributed by atoms with Gasteiger partial charge in [-0.2, -0.15) is 0 Å². The Kier molecular flexibility index (Phi) is 21.2. The van der Waals surface area contributed by atoms with Crippen molar-refractivity contribution >= 4 is 23.6 Å². The fourth-order valence-electron chi connectivity index (χ4n) is 3.89. The Bertz CT molecular complexity index is 632.